The molecule has 1 saturated heterocycles. The Hall–Kier alpha value is -0.352. The Kier molecular flexibility index (Phi) is 12.9. The van der Waals surface area contributed by atoms with Gasteiger partial charge in [0.05, 0.1) is 0 Å². The van der Waals surface area contributed by atoms with Gasteiger partial charge in [0, 0.05) is 0 Å². The van der Waals surface area contributed by atoms with E-state index in [0.717, 1.165) is 13.1 Å². The number of hydrogen-bond acceptors (Lipinski definition) is 1. The number of aliphatic carboxylic acids is 1. The van der Waals surface area contributed by atoms with Crippen molar-refractivity contribution in [3.05, 3.63) is 40.3 Å². The second-order valence-corrected chi connectivity index (χ2v) is 5.34. The molecule has 0 amide bonds. The minimum absolute atomic E-state index is 0.0903. The fraction of sp³-hybridized carbons (Fsp3) is 0.667. The molecular formula is C15H24ClN3O2Pt-3. The van der Waals surface area contributed by atoms with Crippen molar-refractivity contribution in [1.82, 2.24) is 0 Å². The second kappa shape index (κ2) is 13.1. The molecule has 0 aromatic heterocycles. The molecule has 2 unspecified atom stereocenters. The fourth-order valence-corrected chi connectivity index (χ4v) is 1.97. The molecule has 1 fully saturated rings. The summed E-state index contributed by atoms with van der Waals surface area (Å²) in [6.45, 7) is 5.30. The van der Waals surface area contributed by atoms with E-state index >= 15 is 0 Å². The predicted octanol–water partition coefficient (Wildman–Crippen LogP) is 4.57. The van der Waals surface area contributed by atoms with E-state index < -0.39 is 12.0 Å². The predicted molar refractivity (Wildman–Crippen MR) is 87.8 cm³/mol. The van der Waals surface area contributed by atoms with Crippen molar-refractivity contribution in [2.24, 2.45) is 5.92 Å². The Morgan fingerprint density at radius 1 is 1.45 bits per heavy atom. The van der Waals surface area contributed by atoms with Crippen LogP contribution >= 0.6 is 9.42 Å². The zero-order valence-electron chi connectivity index (χ0n) is 12.9. The molecule has 0 aromatic rings. The minimum atomic E-state index is -1.04. The van der Waals surface area contributed by atoms with E-state index in [4.69, 9.17) is 10.8 Å². The molecule has 22 heavy (non-hydrogen) atoms. The van der Waals surface area contributed by atoms with Crippen molar-refractivity contribution in [1.29, 1.82) is 0 Å². The van der Waals surface area contributed by atoms with Crippen molar-refractivity contribution in [3.63, 3.8) is 0 Å². The number of carboxylic acid groups (broad SMARTS) is 1. The second-order valence-electron chi connectivity index (χ2n) is 5.34. The first kappa shape index (κ1) is 21.6. The van der Waals surface area contributed by atoms with E-state index in [1.54, 1.807) is 32.6 Å². The quantitative estimate of drug-likeness (QED) is 0.605. The maximum absolute atomic E-state index is 9.95. The number of hydrogen-bond donors (Lipinski definition) is 1. The third-order valence-corrected chi connectivity index (χ3v) is 3.29. The first-order valence-electron chi connectivity index (χ1n) is 7.29. The van der Waals surface area contributed by atoms with Crippen LogP contribution in [0.2, 0.25) is 0 Å². The van der Waals surface area contributed by atoms with Gasteiger partial charge in [-0.05, 0) is 6.04 Å². The molecule has 2 heterocycles. The number of rotatable bonds is 3. The van der Waals surface area contributed by atoms with Crippen LogP contribution in [0, 0.1) is 5.92 Å². The Morgan fingerprint density at radius 3 is 2.50 bits per heavy atom. The van der Waals surface area contributed by atoms with Crippen LogP contribution in [0.3, 0.4) is 0 Å². The summed E-state index contributed by atoms with van der Waals surface area (Å²) >= 11 is 1.61. The Bertz CT molecular complexity index is 370. The van der Waals surface area contributed by atoms with Gasteiger partial charge in [0.2, 0.25) is 0 Å². The van der Waals surface area contributed by atoms with Gasteiger partial charge in [0.1, 0.15) is 0 Å². The number of allylic oxidation sites excluding steroid dienone is 2. The molecule has 2 atom stereocenters. The average Bonchev–Trinajstić information content (AvgIpc) is 2.58. The normalized spacial score (nSPS) is 21.4. The van der Waals surface area contributed by atoms with Crippen LogP contribution in [0.5, 0.6) is 0 Å². The van der Waals surface area contributed by atoms with Gasteiger partial charge < -0.3 is 21.5 Å². The van der Waals surface area contributed by atoms with Gasteiger partial charge in [-0.15, -0.1) is 25.2 Å². The topological polar surface area (TPSA) is 89.3 Å². The fourth-order valence-electron chi connectivity index (χ4n) is 1.97. The van der Waals surface area contributed by atoms with Gasteiger partial charge >= 0.3 is 28.2 Å². The number of nitrogens with zero attached hydrogens (tertiary/aromatic N) is 2. The van der Waals surface area contributed by atoms with Gasteiger partial charge in [0.15, 0.2) is 0 Å². The molecule has 131 valence electrons. The van der Waals surface area contributed by atoms with E-state index in [0.29, 0.717) is 6.04 Å². The number of piperidine rings is 1. The van der Waals surface area contributed by atoms with Crippen molar-refractivity contribution >= 4 is 15.4 Å². The van der Waals surface area contributed by atoms with Crippen LogP contribution in [0.4, 0.5) is 0 Å². The number of halogens is 1. The zero-order chi connectivity index (χ0) is 17.0. The zero-order valence-corrected chi connectivity index (χ0v) is 16.0. The van der Waals surface area contributed by atoms with Crippen molar-refractivity contribution in [3.8, 4) is 0 Å². The number of nitrogens with one attached hydrogen (secondary N) is 1. The summed E-state index contributed by atoms with van der Waals surface area (Å²) in [6.07, 6.45) is 10.0. The summed E-state index contributed by atoms with van der Waals surface area (Å²) in [4.78, 5) is 9.95. The first-order chi connectivity index (χ1) is 10.5. The average molecular weight is 509 g/mol. The van der Waals surface area contributed by atoms with Crippen LogP contribution in [0.1, 0.15) is 33.1 Å². The van der Waals surface area contributed by atoms with Crippen LogP contribution in [-0.4, -0.2) is 36.2 Å². The van der Waals surface area contributed by atoms with E-state index in [9.17, 15) is 4.79 Å². The van der Waals surface area contributed by atoms with Crippen LogP contribution in [0.15, 0.2) is 23.9 Å². The first-order valence-corrected chi connectivity index (χ1v) is 10.1. The summed E-state index contributed by atoms with van der Waals surface area (Å²) in [5.41, 5.74) is 8.07. The molecule has 0 bridgehead atoms. The maximum atomic E-state index is 9.95. The molecule has 0 aromatic carbocycles. The van der Waals surface area contributed by atoms with E-state index in [-0.39, 0.29) is 5.92 Å². The third-order valence-electron chi connectivity index (χ3n) is 3.29. The summed E-state index contributed by atoms with van der Waals surface area (Å²) in [7, 11) is 4.61. The standard InChI is InChI=1S/C10H14N2.C5H10NO2.ClH.Pt/c1-3-7-11-9(5-1)10-6-2-4-8-12-10;1-3(2)4(6)5(7)8;;/h1,3,5,10H,2,4,6-8H2;3-4,6H,1-2H3,(H,7,8);1H;/q-2;-1;;+1/p-1. The van der Waals surface area contributed by atoms with Gasteiger partial charge in [-0.1, -0.05) is 51.2 Å². The van der Waals surface area contributed by atoms with Gasteiger partial charge in [-0.2, -0.15) is 5.70 Å². The molecule has 2 rings (SSSR count). The Balaban J connectivity index is 0.000000388. The third kappa shape index (κ3) is 8.94. The number of carboxylic acids is 1. The van der Waals surface area contributed by atoms with Crippen molar-refractivity contribution in [2.45, 2.75) is 45.2 Å². The van der Waals surface area contributed by atoms with Crippen molar-refractivity contribution < 1.29 is 28.7 Å². The Morgan fingerprint density at radius 2 is 2.14 bits per heavy atom. The van der Waals surface area contributed by atoms with Gasteiger partial charge in [-0.25, -0.2) is 0 Å². The van der Waals surface area contributed by atoms with Gasteiger partial charge in [-0.3, -0.25) is 4.79 Å². The van der Waals surface area contributed by atoms with E-state index in [1.165, 1.54) is 25.0 Å². The van der Waals surface area contributed by atoms with Crippen molar-refractivity contribution in [2.75, 3.05) is 13.1 Å². The molecule has 7 heteroatoms. The SMILES string of the molecule is C1=CC[N-]C(C2CCCC[N-]2)=C1.CC(C)C([NH-])C(=O)O.[Cl][Pt]. The molecule has 0 spiro atoms. The summed E-state index contributed by atoms with van der Waals surface area (Å²) < 4.78 is 0. The molecular weight excluding hydrogens is 485 g/mol. The summed E-state index contributed by atoms with van der Waals surface area (Å²) in [6, 6.07) is -0.557. The summed E-state index contributed by atoms with van der Waals surface area (Å²) in [5, 5.41) is 17.2. The van der Waals surface area contributed by atoms with Crippen LogP contribution in [0.25, 0.3) is 16.4 Å². The van der Waals surface area contributed by atoms with Crippen LogP contribution < -0.4 is 0 Å². The van der Waals surface area contributed by atoms with E-state index in [1.807, 2.05) is 0 Å². The molecule has 2 aliphatic rings. The molecule has 0 radical (unpaired) electrons. The molecule has 2 aliphatic heterocycles. The molecule has 2 N–H and O–H groups in total. The summed E-state index contributed by atoms with van der Waals surface area (Å²) in [5.74, 6) is -1.13. The van der Waals surface area contributed by atoms with Gasteiger partial charge in [0.25, 0.3) is 5.97 Å². The molecule has 5 nitrogen and oxygen atoms in total. The van der Waals surface area contributed by atoms with E-state index in [2.05, 4.69) is 38.3 Å². The number of carbonyl (C=O) groups is 1. The van der Waals surface area contributed by atoms with Crippen LogP contribution in [-0.2, 0) is 23.6 Å². The molecule has 0 saturated carbocycles. The monoisotopic (exact) mass is 508 g/mol. The molecule has 0 aliphatic carbocycles. The Labute approximate surface area is 148 Å².